The fourth-order valence-electron chi connectivity index (χ4n) is 3.84. The van der Waals surface area contributed by atoms with Crippen molar-refractivity contribution in [3.63, 3.8) is 0 Å². The average Bonchev–Trinajstić information content (AvgIpc) is 3.47. The molecule has 1 aliphatic rings. The summed E-state index contributed by atoms with van der Waals surface area (Å²) in [6, 6.07) is 13.0. The topological polar surface area (TPSA) is 90.5 Å². The monoisotopic (exact) mass is 464 g/mol. The fraction of sp³-hybridized carbons (Fsp3) is 0.333. The maximum atomic E-state index is 13.0. The summed E-state index contributed by atoms with van der Waals surface area (Å²) in [6.45, 7) is 4.51. The minimum absolute atomic E-state index is 0.241. The van der Waals surface area contributed by atoms with Crippen molar-refractivity contribution in [3.8, 4) is 10.6 Å². The predicted molar refractivity (Wildman–Crippen MR) is 133 cm³/mol. The van der Waals surface area contributed by atoms with Gasteiger partial charge in [-0.25, -0.2) is 4.79 Å². The largest absolute Gasteiger partial charge is 0.378 e. The molecule has 33 heavy (non-hydrogen) atoms. The first-order valence-corrected chi connectivity index (χ1v) is 11.7. The number of amides is 3. The molecule has 0 bridgehead atoms. The summed E-state index contributed by atoms with van der Waals surface area (Å²) < 4.78 is 0. The van der Waals surface area contributed by atoms with Crippen molar-refractivity contribution in [3.05, 3.63) is 53.6 Å². The van der Waals surface area contributed by atoms with Gasteiger partial charge >= 0.3 is 6.03 Å². The molecule has 1 fully saturated rings. The molecule has 0 spiro atoms. The van der Waals surface area contributed by atoms with Gasteiger partial charge in [-0.2, -0.15) is 0 Å². The Morgan fingerprint density at radius 3 is 2.55 bits per heavy atom. The van der Waals surface area contributed by atoms with Gasteiger partial charge in [0.15, 0.2) is 0 Å². The Morgan fingerprint density at radius 2 is 1.82 bits per heavy atom. The SMILES string of the molecule is Cc1cccc(NC(=O)N2CCCC2C(=O)Nc2nnc(-c3ccc(N(C)C)cc3)s2)c1C. The van der Waals surface area contributed by atoms with Crippen LogP contribution in [0.3, 0.4) is 0 Å². The van der Waals surface area contributed by atoms with Gasteiger partial charge in [0, 0.05) is 37.6 Å². The number of aromatic nitrogens is 2. The highest BCUT2D eigenvalue weighted by Crippen LogP contribution is 2.29. The van der Waals surface area contributed by atoms with Crippen molar-refractivity contribution in [2.45, 2.75) is 32.7 Å². The molecule has 1 aliphatic heterocycles. The molecular weight excluding hydrogens is 436 g/mol. The van der Waals surface area contributed by atoms with Crippen molar-refractivity contribution in [1.29, 1.82) is 0 Å². The molecule has 0 saturated carbocycles. The highest BCUT2D eigenvalue weighted by molar-refractivity contribution is 7.18. The average molecular weight is 465 g/mol. The molecule has 1 saturated heterocycles. The number of hydrogen-bond acceptors (Lipinski definition) is 6. The molecule has 9 heteroatoms. The first-order chi connectivity index (χ1) is 15.8. The second-order valence-corrected chi connectivity index (χ2v) is 9.35. The van der Waals surface area contributed by atoms with Crippen LogP contribution in [0.1, 0.15) is 24.0 Å². The molecule has 2 aromatic carbocycles. The molecule has 1 aromatic heterocycles. The zero-order chi connectivity index (χ0) is 23.5. The number of nitrogens with zero attached hydrogens (tertiary/aromatic N) is 4. The van der Waals surface area contributed by atoms with Crippen molar-refractivity contribution in [2.75, 3.05) is 36.2 Å². The Balaban J connectivity index is 1.41. The van der Waals surface area contributed by atoms with Gasteiger partial charge in [0.25, 0.3) is 0 Å². The van der Waals surface area contributed by atoms with Crippen LogP contribution < -0.4 is 15.5 Å². The molecule has 4 rings (SSSR count). The zero-order valence-electron chi connectivity index (χ0n) is 19.3. The number of likely N-dealkylation sites (tertiary alicyclic amines) is 1. The normalized spacial score (nSPS) is 15.4. The van der Waals surface area contributed by atoms with E-state index in [2.05, 4.69) is 20.8 Å². The molecule has 2 heterocycles. The van der Waals surface area contributed by atoms with Crippen LogP contribution in [0.5, 0.6) is 0 Å². The highest BCUT2D eigenvalue weighted by Gasteiger charge is 2.34. The number of aryl methyl sites for hydroxylation is 1. The summed E-state index contributed by atoms with van der Waals surface area (Å²) in [4.78, 5) is 29.5. The highest BCUT2D eigenvalue weighted by atomic mass is 32.1. The van der Waals surface area contributed by atoms with Gasteiger partial charge in [-0.1, -0.05) is 23.5 Å². The maximum absolute atomic E-state index is 13.0. The first-order valence-electron chi connectivity index (χ1n) is 10.9. The number of carbonyl (C=O) groups is 2. The summed E-state index contributed by atoms with van der Waals surface area (Å²) in [5.74, 6) is -0.241. The van der Waals surface area contributed by atoms with E-state index in [9.17, 15) is 9.59 Å². The van der Waals surface area contributed by atoms with Crippen LogP contribution in [0, 0.1) is 13.8 Å². The number of rotatable bonds is 5. The van der Waals surface area contributed by atoms with Gasteiger partial charge in [0.2, 0.25) is 11.0 Å². The van der Waals surface area contributed by atoms with E-state index in [0.717, 1.165) is 39.5 Å². The van der Waals surface area contributed by atoms with E-state index < -0.39 is 6.04 Å². The van der Waals surface area contributed by atoms with E-state index in [0.29, 0.717) is 18.1 Å². The Morgan fingerprint density at radius 1 is 1.06 bits per heavy atom. The van der Waals surface area contributed by atoms with Crippen LogP contribution >= 0.6 is 11.3 Å². The summed E-state index contributed by atoms with van der Waals surface area (Å²) in [7, 11) is 3.98. The molecule has 0 radical (unpaired) electrons. The smallest absolute Gasteiger partial charge is 0.322 e. The van der Waals surface area contributed by atoms with Crippen LogP contribution in [0.25, 0.3) is 10.6 Å². The van der Waals surface area contributed by atoms with E-state index >= 15 is 0 Å². The molecule has 172 valence electrons. The van der Waals surface area contributed by atoms with E-state index in [1.54, 1.807) is 4.90 Å². The minimum Gasteiger partial charge on any atom is -0.378 e. The number of carbonyl (C=O) groups excluding carboxylic acids is 2. The third kappa shape index (κ3) is 4.98. The molecule has 3 aromatic rings. The Kier molecular flexibility index (Phi) is 6.60. The Hall–Kier alpha value is -3.46. The number of benzene rings is 2. The number of nitrogens with one attached hydrogen (secondary N) is 2. The van der Waals surface area contributed by atoms with Gasteiger partial charge in [0.1, 0.15) is 11.0 Å². The Labute approximate surface area is 197 Å². The van der Waals surface area contributed by atoms with E-state index in [1.165, 1.54) is 11.3 Å². The summed E-state index contributed by atoms with van der Waals surface area (Å²) in [5, 5.41) is 15.3. The predicted octanol–water partition coefficient (Wildman–Crippen LogP) is 4.52. The molecule has 3 amide bonds. The molecule has 1 unspecified atom stereocenters. The molecule has 1 atom stereocenters. The lowest BCUT2D eigenvalue weighted by Crippen LogP contribution is -2.45. The van der Waals surface area contributed by atoms with Crippen LogP contribution in [-0.4, -0.2) is 53.7 Å². The number of anilines is 3. The minimum atomic E-state index is -0.540. The van der Waals surface area contributed by atoms with Gasteiger partial charge in [-0.3, -0.25) is 10.1 Å². The summed E-state index contributed by atoms with van der Waals surface area (Å²) in [5.41, 5.74) is 4.92. The van der Waals surface area contributed by atoms with E-state index in [1.807, 2.05) is 75.3 Å². The quantitative estimate of drug-likeness (QED) is 0.579. The van der Waals surface area contributed by atoms with Gasteiger partial charge in [-0.15, -0.1) is 10.2 Å². The van der Waals surface area contributed by atoms with Crippen LogP contribution in [0.4, 0.5) is 21.3 Å². The van der Waals surface area contributed by atoms with Gasteiger partial charge in [-0.05, 0) is 68.1 Å². The lowest BCUT2D eigenvalue weighted by Gasteiger charge is -2.24. The van der Waals surface area contributed by atoms with Crippen molar-refractivity contribution in [1.82, 2.24) is 15.1 Å². The lowest BCUT2D eigenvalue weighted by atomic mass is 10.1. The number of urea groups is 1. The second-order valence-electron chi connectivity index (χ2n) is 8.37. The van der Waals surface area contributed by atoms with Crippen molar-refractivity contribution in [2.24, 2.45) is 0 Å². The van der Waals surface area contributed by atoms with Crippen LogP contribution in [0.15, 0.2) is 42.5 Å². The third-order valence-corrected chi connectivity index (χ3v) is 6.84. The Bertz CT molecular complexity index is 1160. The maximum Gasteiger partial charge on any atom is 0.322 e. The second kappa shape index (κ2) is 9.58. The van der Waals surface area contributed by atoms with Gasteiger partial charge < -0.3 is 15.1 Å². The van der Waals surface area contributed by atoms with Crippen LogP contribution in [-0.2, 0) is 4.79 Å². The van der Waals surface area contributed by atoms with Crippen molar-refractivity contribution < 1.29 is 9.59 Å². The van der Waals surface area contributed by atoms with Crippen LogP contribution in [0.2, 0.25) is 0 Å². The first kappa shape index (κ1) is 22.7. The summed E-state index contributed by atoms with van der Waals surface area (Å²) >= 11 is 1.32. The zero-order valence-corrected chi connectivity index (χ0v) is 20.1. The fourth-order valence-corrected chi connectivity index (χ4v) is 4.59. The third-order valence-electron chi connectivity index (χ3n) is 5.95. The van der Waals surface area contributed by atoms with E-state index in [-0.39, 0.29) is 11.9 Å². The molecule has 0 aliphatic carbocycles. The number of hydrogen-bond donors (Lipinski definition) is 2. The lowest BCUT2D eigenvalue weighted by molar-refractivity contribution is -0.119. The molecular formula is C24H28N6O2S. The van der Waals surface area contributed by atoms with Crippen molar-refractivity contribution >= 4 is 39.8 Å². The molecule has 2 N–H and O–H groups in total. The van der Waals surface area contributed by atoms with E-state index in [4.69, 9.17) is 0 Å². The van der Waals surface area contributed by atoms with Gasteiger partial charge in [0.05, 0.1) is 0 Å². The summed E-state index contributed by atoms with van der Waals surface area (Å²) in [6.07, 6.45) is 1.39. The standard InChI is InChI=1S/C24H28N6O2S/c1-15-7-5-8-19(16(15)2)25-24(32)30-14-6-9-20(30)21(31)26-23-28-27-22(33-23)17-10-12-18(13-11-17)29(3)4/h5,7-8,10-13,20H,6,9,14H2,1-4H3,(H,25,32)(H,26,28,31). The molecule has 8 nitrogen and oxygen atoms in total.